The van der Waals surface area contributed by atoms with Crippen molar-refractivity contribution in [3.05, 3.63) is 54.8 Å². The molecule has 0 aliphatic heterocycles. The Kier molecular flexibility index (Phi) is 10.7. The summed E-state index contributed by atoms with van der Waals surface area (Å²) in [6.45, 7) is 10.4. The molecule has 1 rings (SSSR count). The molecule has 0 bridgehead atoms. The van der Waals surface area contributed by atoms with Crippen LogP contribution in [0.25, 0.3) is 0 Å². The van der Waals surface area contributed by atoms with Crippen molar-refractivity contribution in [3.63, 3.8) is 0 Å². The van der Waals surface area contributed by atoms with Crippen molar-refractivity contribution in [2.75, 3.05) is 19.7 Å². The maximum absolute atomic E-state index is 10.6. The number of hydrogen-bond acceptors (Lipinski definition) is 3. The molecule has 0 unspecified atom stereocenters. The molecule has 0 N–H and O–H groups in total. The van der Waals surface area contributed by atoms with E-state index >= 15 is 0 Å². The number of hydrogen-bond donors (Lipinski definition) is 0. The molecule has 0 aromatic heterocycles. The Bertz CT molecular complexity index is 579. The van der Waals surface area contributed by atoms with Gasteiger partial charge < -0.3 is 14.4 Å². The first kappa shape index (κ1) is 20.7. The standard InChI is InChI=1S/C21H30N2O2/c1-4-7-14-23(21(10-5-2)22-6-3)15-9-17-25-20-12-8-11-19(18-20)13-16-24/h5-6,8,10-12,16,18H,3-4,7,9,13-15,17H2,1-2H3/b10-5-,22-21?. The molecular formula is C21H30N2O2. The fourth-order valence-electron chi connectivity index (χ4n) is 2.47. The molecule has 4 nitrogen and oxygen atoms in total. The van der Waals surface area contributed by atoms with Gasteiger partial charge >= 0.3 is 0 Å². The van der Waals surface area contributed by atoms with Gasteiger partial charge in [0.1, 0.15) is 17.9 Å². The summed E-state index contributed by atoms with van der Waals surface area (Å²) in [5.41, 5.74) is 0.977. The normalized spacial score (nSPS) is 11.5. The topological polar surface area (TPSA) is 41.9 Å². The number of aliphatic imine (C=N–C) groups is 1. The van der Waals surface area contributed by atoms with Crippen LogP contribution in [-0.2, 0) is 11.2 Å². The largest absolute Gasteiger partial charge is 0.494 e. The lowest BCUT2D eigenvalue weighted by Gasteiger charge is -2.24. The highest BCUT2D eigenvalue weighted by molar-refractivity contribution is 5.93. The summed E-state index contributed by atoms with van der Waals surface area (Å²) in [7, 11) is 0. The van der Waals surface area contributed by atoms with Crippen LogP contribution in [0.4, 0.5) is 0 Å². The molecule has 0 amide bonds. The van der Waals surface area contributed by atoms with Crippen LogP contribution in [0, 0.1) is 0 Å². The summed E-state index contributed by atoms with van der Waals surface area (Å²) in [6.07, 6.45) is 10.1. The summed E-state index contributed by atoms with van der Waals surface area (Å²) in [5, 5.41) is 0. The molecule has 0 fully saturated rings. The monoisotopic (exact) mass is 342 g/mol. The minimum absolute atomic E-state index is 0.423. The van der Waals surface area contributed by atoms with E-state index < -0.39 is 0 Å². The molecule has 4 heteroatoms. The van der Waals surface area contributed by atoms with Crippen molar-refractivity contribution < 1.29 is 9.53 Å². The Morgan fingerprint density at radius 1 is 1.32 bits per heavy atom. The summed E-state index contributed by atoms with van der Waals surface area (Å²) in [6, 6.07) is 7.70. The van der Waals surface area contributed by atoms with Gasteiger partial charge in [0.25, 0.3) is 0 Å². The predicted octanol–water partition coefficient (Wildman–Crippen LogP) is 4.42. The SMILES string of the molecule is C=CN=C(/C=C\C)N(CCCC)CCCOc1cccc(CC=O)c1. The number of unbranched alkanes of at least 4 members (excludes halogenated alkanes) is 1. The van der Waals surface area contributed by atoms with Crippen molar-refractivity contribution in [1.29, 1.82) is 0 Å². The summed E-state index contributed by atoms with van der Waals surface area (Å²) in [4.78, 5) is 17.3. The third-order valence-electron chi connectivity index (χ3n) is 3.70. The molecule has 0 spiro atoms. The summed E-state index contributed by atoms with van der Waals surface area (Å²) >= 11 is 0. The first-order valence-electron chi connectivity index (χ1n) is 8.96. The van der Waals surface area contributed by atoms with Gasteiger partial charge in [-0.25, -0.2) is 4.99 Å². The molecule has 0 aliphatic rings. The average molecular weight is 342 g/mol. The molecule has 0 aliphatic carbocycles. The van der Waals surface area contributed by atoms with E-state index in [0.29, 0.717) is 13.0 Å². The second kappa shape index (κ2) is 13.0. The second-order valence-electron chi connectivity index (χ2n) is 5.73. The van der Waals surface area contributed by atoms with Crippen molar-refractivity contribution in [3.8, 4) is 5.75 Å². The first-order valence-corrected chi connectivity index (χ1v) is 8.96. The van der Waals surface area contributed by atoms with Crippen LogP contribution in [-0.4, -0.2) is 36.7 Å². The van der Waals surface area contributed by atoms with Crippen LogP contribution in [0.3, 0.4) is 0 Å². The number of carbonyl (C=O) groups excluding carboxylic acids is 1. The highest BCUT2D eigenvalue weighted by atomic mass is 16.5. The quantitative estimate of drug-likeness (QED) is 0.244. The Morgan fingerprint density at radius 3 is 2.80 bits per heavy atom. The van der Waals surface area contributed by atoms with Crippen LogP contribution in [0.5, 0.6) is 5.75 Å². The van der Waals surface area contributed by atoms with Gasteiger partial charge in [0.15, 0.2) is 0 Å². The average Bonchev–Trinajstić information content (AvgIpc) is 2.62. The van der Waals surface area contributed by atoms with Gasteiger partial charge in [0, 0.05) is 25.7 Å². The molecule has 0 heterocycles. The van der Waals surface area contributed by atoms with E-state index in [2.05, 4.69) is 23.4 Å². The maximum atomic E-state index is 10.6. The van der Waals surface area contributed by atoms with Crippen molar-refractivity contribution in [1.82, 2.24) is 4.90 Å². The smallest absolute Gasteiger partial charge is 0.128 e. The molecule has 1 aromatic rings. The third-order valence-corrected chi connectivity index (χ3v) is 3.70. The first-order chi connectivity index (χ1) is 12.2. The maximum Gasteiger partial charge on any atom is 0.128 e. The van der Waals surface area contributed by atoms with Crippen LogP contribution in [0.15, 0.2) is 54.2 Å². The van der Waals surface area contributed by atoms with E-state index in [4.69, 9.17) is 4.74 Å². The number of carbonyl (C=O) groups is 1. The zero-order valence-electron chi connectivity index (χ0n) is 15.5. The minimum Gasteiger partial charge on any atom is -0.494 e. The van der Waals surface area contributed by atoms with Crippen LogP contribution in [0.2, 0.25) is 0 Å². The molecule has 0 saturated heterocycles. The lowest BCUT2D eigenvalue weighted by atomic mass is 10.1. The van der Waals surface area contributed by atoms with Crippen molar-refractivity contribution >= 4 is 12.1 Å². The molecule has 1 aromatic carbocycles. The van der Waals surface area contributed by atoms with E-state index in [0.717, 1.165) is 55.8 Å². The zero-order valence-corrected chi connectivity index (χ0v) is 15.5. The second-order valence-corrected chi connectivity index (χ2v) is 5.73. The van der Waals surface area contributed by atoms with Gasteiger partial charge in [0.2, 0.25) is 0 Å². The fourth-order valence-corrected chi connectivity index (χ4v) is 2.47. The van der Waals surface area contributed by atoms with Gasteiger partial charge in [-0.2, -0.15) is 0 Å². The summed E-state index contributed by atoms with van der Waals surface area (Å²) < 4.78 is 5.83. The molecule has 0 atom stereocenters. The van der Waals surface area contributed by atoms with E-state index in [-0.39, 0.29) is 0 Å². The van der Waals surface area contributed by atoms with Crippen LogP contribution < -0.4 is 4.74 Å². The minimum atomic E-state index is 0.423. The van der Waals surface area contributed by atoms with E-state index in [1.54, 1.807) is 6.20 Å². The van der Waals surface area contributed by atoms with Gasteiger partial charge in [-0.3, -0.25) is 0 Å². The molecule has 0 radical (unpaired) electrons. The number of ether oxygens (including phenoxy) is 1. The number of allylic oxidation sites excluding steroid dienone is 1. The lowest BCUT2D eigenvalue weighted by molar-refractivity contribution is -0.107. The number of amidine groups is 1. The van der Waals surface area contributed by atoms with Crippen molar-refractivity contribution in [2.24, 2.45) is 4.99 Å². The summed E-state index contributed by atoms with van der Waals surface area (Å²) in [5.74, 6) is 1.76. The third kappa shape index (κ3) is 8.34. The van der Waals surface area contributed by atoms with E-state index in [1.165, 1.54) is 0 Å². The number of aldehydes is 1. The molecule has 0 saturated carbocycles. The van der Waals surface area contributed by atoms with Crippen molar-refractivity contribution in [2.45, 2.75) is 39.5 Å². The number of nitrogens with zero attached hydrogens (tertiary/aromatic N) is 2. The van der Waals surface area contributed by atoms with Gasteiger partial charge in [-0.15, -0.1) is 0 Å². The van der Waals surface area contributed by atoms with Gasteiger partial charge in [-0.05, 0) is 43.5 Å². The molecular weight excluding hydrogens is 312 g/mol. The molecule has 25 heavy (non-hydrogen) atoms. The molecule has 136 valence electrons. The Hall–Kier alpha value is -2.36. The lowest BCUT2D eigenvalue weighted by Crippen LogP contribution is -2.32. The number of benzene rings is 1. The zero-order chi connectivity index (χ0) is 18.3. The Labute approximate surface area is 151 Å². The predicted molar refractivity (Wildman–Crippen MR) is 105 cm³/mol. The van der Waals surface area contributed by atoms with Crippen LogP contribution in [0.1, 0.15) is 38.7 Å². The van der Waals surface area contributed by atoms with Gasteiger partial charge in [0.05, 0.1) is 6.61 Å². The Balaban J connectivity index is 2.55. The Morgan fingerprint density at radius 2 is 2.12 bits per heavy atom. The highest BCUT2D eigenvalue weighted by Crippen LogP contribution is 2.13. The van der Waals surface area contributed by atoms with E-state index in [1.807, 2.05) is 43.3 Å². The van der Waals surface area contributed by atoms with Gasteiger partial charge in [-0.1, -0.05) is 38.1 Å². The number of rotatable bonds is 12. The van der Waals surface area contributed by atoms with Crippen LogP contribution >= 0.6 is 0 Å². The van der Waals surface area contributed by atoms with E-state index in [9.17, 15) is 4.79 Å². The fraction of sp³-hybridized carbons (Fsp3) is 0.429. The highest BCUT2D eigenvalue weighted by Gasteiger charge is 2.08.